The highest BCUT2D eigenvalue weighted by molar-refractivity contribution is 7.90. The Morgan fingerprint density at radius 3 is 2.28 bits per heavy atom. The summed E-state index contributed by atoms with van der Waals surface area (Å²) in [5.74, 6) is 0.754. The van der Waals surface area contributed by atoms with E-state index in [-0.39, 0.29) is 6.54 Å². The first-order chi connectivity index (χ1) is 8.35. The monoisotopic (exact) mass is 291 g/mol. The zero-order valence-corrected chi connectivity index (χ0v) is 12.4. The van der Waals surface area contributed by atoms with E-state index in [0.717, 1.165) is 16.9 Å². The number of nitrogens with zero attached hydrogens (tertiary/aromatic N) is 1. The van der Waals surface area contributed by atoms with Crippen molar-refractivity contribution in [1.29, 1.82) is 0 Å². The molecule has 0 aliphatic rings. The Morgan fingerprint density at radius 2 is 1.78 bits per heavy atom. The van der Waals surface area contributed by atoms with Crippen molar-refractivity contribution in [2.75, 3.05) is 25.4 Å². The molecule has 0 unspecified atom stereocenters. The number of sulfonamides is 1. The summed E-state index contributed by atoms with van der Waals surface area (Å²) in [6.45, 7) is 4.56. The van der Waals surface area contributed by atoms with Gasteiger partial charge in [-0.25, -0.2) is 12.7 Å². The topological polar surface area (TPSA) is 46.6 Å². The molecular weight excluding hydrogens is 274 g/mol. The normalized spacial score (nSPS) is 11.8. The van der Waals surface area contributed by atoms with Crippen LogP contribution in [0.1, 0.15) is 11.1 Å². The Bertz CT molecular complexity index is 482. The van der Waals surface area contributed by atoms with Crippen molar-refractivity contribution in [1.82, 2.24) is 4.31 Å². The van der Waals surface area contributed by atoms with E-state index in [1.807, 2.05) is 26.0 Å². The van der Waals surface area contributed by atoms with Crippen LogP contribution >= 0.6 is 11.6 Å². The van der Waals surface area contributed by atoms with E-state index in [2.05, 4.69) is 6.07 Å². The van der Waals surface area contributed by atoms with Crippen molar-refractivity contribution < 1.29 is 13.2 Å². The number of benzene rings is 1. The van der Waals surface area contributed by atoms with Gasteiger partial charge < -0.3 is 4.74 Å². The summed E-state index contributed by atoms with van der Waals surface area (Å²) in [6, 6.07) is 5.89. The standard InChI is InChI=1S/C12H18ClNO3S/c1-10-6-11(2)8-12(7-10)17-5-4-14(3)18(15,16)9-13/h6-8H,4-5,9H2,1-3H3. The van der Waals surface area contributed by atoms with Gasteiger partial charge in [-0.2, -0.15) is 0 Å². The fourth-order valence-corrected chi connectivity index (χ4v) is 2.55. The molecular formula is C12H18ClNO3S. The average molecular weight is 292 g/mol. The summed E-state index contributed by atoms with van der Waals surface area (Å²) in [5.41, 5.74) is 2.23. The second kappa shape index (κ2) is 6.41. The van der Waals surface area contributed by atoms with Crippen LogP contribution in [0.2, 0.25) is 0 Å². The van der Waals surface area contributed by atoms with E-state index in [9.17, 15) is 8.42 Å². The van der Waals surface area contributed by atoms with Crippen molar-refractivity contribution in [3.63, 3.8) is 0 Å². The summed E-state index contributed by atoms with van der Waals surface area (Å²) >= 11 is 5.36. The van der Waals surface area contributed by atoms with Crippen LogP contribution in [-0.2, 0) is 10.0 Å². The molecule has 0 aromatic heterocycles. The molecule has 0 fully saturated rings. The third-order valence-corrected chi connectivity index (χ3v) is 4.72. The number of aryl methyl sites for hydroxylation is 2. The van der Waals surface area contributed by atoms with Crippen LogP contribution in [-0.4, -0.2) is 38.1 Å². The first-order valence-corrected chi connectivity index (χ1v) is 7.70. The quantitative estimate of drug-likeness (QED) is 0.755. The van der Waals surface area contributed by atoms with Gasteiger partial charge in [0.15, 0.2) is 0 Å². The molecule has 0 radical (unpaired) electrons. The highest BCUT2D eigenvalue weighted by Gasteiger charge is 2.15. The van der Waals surface area contributed by atoms with E-state index >= 15 is 0 Å². The molecule has 0 bridgehead atoms. The van der Waals surface area contributed by atoms with Gasteiger partial charge in [0.05, 0.1) is 0 Å². The van der Waals surface area contributed by atoms with Gasteiger partial charge in [-0.05, 0) is 37.1 Å². The summed E-state index contributed by atoms with van der Waals surface area (Å²) in [5, 5.41) is -0.410. The van der Waals surface area contributed by atoms with Crippen LogP contribution in [0.25, 0.3) is 0 Å². The summed E-state index contributed by atoms with van der Waals surface area (Å²) in [6.07, 6.45) is 0. The maximum absolute atomic E-state index is 11.4. The van der Waals surface area contributed by atoms with E-state index in [4.69, 9.17) is 16.3 Å². The molecule has 0 amide bonds. The van der Waals surface area contributed by atoms with Crippen LogP contribution in [0, 0.1) is 13.8 Å². The largest absolute Gasteiger partial charge is 0.492 e. The van der Waals surface area contributed by atoms with Crippen LogP contribution in [0.15, 0.2) is 18.2 Å². The van der Waals surface area contributed by atoms with Gasteiger partial charge in [0.25, 0.3) is 0 Å². The number of hydrogen-bond acceptors (Lipinski definition) is 3. The molecule has 102 valence electrons. The maximum atomic E-state index is 11.4. The Morgan fingerprint density at radius 1 is 1.22 bits per heavy atom. The number of rotatable bonds is 6. The van der Waals surface area contributed by atoms with Crippen molar-refractivity contribution in [3.8, 4) is 5.75 Å². The van der Waals surface area contributed by atoms with Crippen LogP contribution in [0.4, 0.5) is 0 Å². The Kier molecular flexibility index (Phi) is 5.44. The van der Waals surface area contributed by atoms with E-state index < -0.39 is 15.2 Å². The number of likely N-dealkylation sites (N-methyl/N-ethyl adjacent to an activating group) is 1. The highest BCUT2D eigenvalue weighted by atomic mass is 35.5. The number of hydrogen-bond donors (Lipinski definition) is 0. The number of alkyl halides is 1. The van der Waals surface area contributed by atoms with Gasteiger partial charge in [0.2, 0.25) is 10.0 Å². The fourth-order valence-electron chi connectivity index (χ4n) is 1.53. The second-order valence-corrected chi connectivity index (χ2v) is 6.87. The van der Waals surface area contributed by atoms with Crippen LogP contribution < -0.4 is 4.74 Å². The summed E-state index contributed by atoms with van der Waals surface area (Å²) in [4.78, 5) is 0. The number of ether oxygens (including phenoxy) is 1. The van der Waals surface area contributed by atoms with Crippen molar-refractivity contribution in [2.24, 2.45) is 0 Å². The lowest BCUT2D eigenvalue weighted by molar-refractivity contribution is 0.287. The van der Waals surface area contributed by atoms with Gasteiger partial charge in [0, 0.05) is 13.6 Å². The van der Waals surface area contributed by atoms with Gasteiger partial charge in [-0.1, -0.05) is 6.07 Å². The zero-order valence-electron chi connectivity index (χ0n) is 10.8. The third kappa shape index (κ3) is 4.48. The Labute approximate surface area is 114 Å². The molecule has 0 saturated heterocycles. The minimum atomic E-state index is -3.35. The molecule has 0 aliphatic carbocycles. The van der Waals surface area contributed by atoms with Gasteiger partial charge >= 0.3 is 0 Å². The van der Waals surface area contributed by atoms with E-state index in [1.54, 1.807) is 0 Å². The average Bonchev–Trinajstić information content (AvgIpc) is 2.27. The maximum Gasteiger partial charge on any atom is 0.228 e. The third-order valence-electron chi connectivity index (χ3n) is 2.48. The highest BCUT2D eigenvalue weighted by Crippen LogP contribution is 2.16. The lowest BCUT2D eigenvalue weighted by Crippen LogP contribution is -2.31. The van der Waals surface area contributed by atoms with Crippen molar-refractivity contribution in [3.05, 3.63) is 29.3 Å². The van der Waals surface area contributed by atoms with E-state index in [1.165, 1.54) is 11.4 Å². The molecule has 0 heterocycles. The SMILES string of the molecule is Cc1cc(C)cc(OCCN(C)S(=O)(=O)CCl)c1. The molecule has 1 rings (SSSR count). The molecule has 0 N–H and O–H groups in total. The molecule has 18 heavy (non-hydrogen) atoms. The van der Waals surface area contributed by atoms with E-state index in [0.29, 0.717) is 6.61 Å². The predicted molar refractivity (Wildman–Crippen MR) is 73.7 cm³/mol. The van der Waals surface area contributed by atoms with Crippen molar-refractivity contribution in [2.45, 2.75) is 13.8 Å². The van der Waals surface area contributed by atoms with Gasteiger partial charge in [-0.15, -0.1) is 11.6 Å². The Balaban J connectivity index is 2.52. The summed E-state index contributed by atoms with van der Waals surface area (Å²) in [7, 11) is -1.86. The first-order valence-electron chi connectivity index (χ1n) is 5.56. The summed E-state index contributed by atoms with van der Waals surface area (Å²) < 4.78 is 29.5. The minimum Gasteiger partial charge on any atom is -0.492 e. The lowest BCUT2D eigenvalue weighted by atomic mass is 10.1. The van der Waals surface area contributed by atoms with Gasteiger partial charge in [0.1, 0.15) is 17.6 Å². The molecule has 4 nitrogen and oxygen atoms in total. The second-order valence-electron chi connectivity index (χ2n) is 4.21. The molecule has 0 spiro atoms. The molecule has 0 aliphatic heterocycles. The predicted octanol–water partition coefficient (Wildman–Crippen LogP) is 2.14. The minimum absolute atomic E-state index is 0.280. The van der Waals surface area contributed by atoms with Crippen LogP contribution in [0.3, 0.4) is 0 Å². The number of halogens is 1. The Hall–Kier alpha value is -0.780. The smallest absolute Gasteiger partial charge is 0.228 e. The molecule has 6 heteroatoms. The molecule has 1 aromatic carbocycles. The van der Waals surface area contributed by atoms with Crippen LogP contribution in [0.5, 0.6) is 5.75 Å². The molecule has 1 aromatic rings. The zero-order chi connectivity index (χ0) is 13.8. The lowest BCUT2D eigenvalue weighted by Gasteiger charge is -2.16. The fraction of sp³-hybridized carbons (Fsp3) is 0.500. The van der Waals surface area contributed by atoms with Gasteiger partial charge in [-0.3, -0.25) is 0 Å². The molecule has 0 saturated carbocycles. The first kappa shape index (κ1) is 15.3. The van der Waals surface area contributed by atoms with Crippen molar-refractivity contribution >= 4 is 21.6 Å². The molecule has 0 atom stereocenters.